The van der Waals surface area contributed by atoms with Crippen molar-refractivity contribution in [1.82, 2.24) is 4.90 Å². The number of rotatable bonds is 3. The van der Waals surface area contributed by atoms with Crippen molar-refractivity contribution in [3.05, 3.63) is 34.3 Å². The van der Waals surface area contributed by atoms with Crippen LogP contribution in [0.5, 0.6) is 0 Å². The maximum Gasteiger partial charge on any atom is 0.0471 e. The van der Waals surface area contributed by atoms with E-state index < -0.39 is 0 Å². The van der Waals surface area contributed by atoms with Crippen molar-refractivity contribution in [2.75, 3.05) is 19.6 Å². The summed E-state index contributed by atoms with van der Waals surface area (Å²) in [5.41, 5.74) is 8.36. The number of likely N-dealkylation sites (tertiary alicyclic amines) is 1. The van der Waals surface area contributed by atoms with E-state index in [2.05, 4.69) is 30.0 Å². The lowest BCUT2D eigenvalue weighted by Crippen LogP contribution is -2.40. The van der Waals surface area contributed by atoms with E-state index in [0.29, 0.717) is 12.6 Å². The van der Waals surface area contributed by atoms with E-state index in [-0.39, 0.29) is 0 Å². The van der Waals surface area contributed by atoms with Crippen molar-refractivity contribution in [3.8, 4) is 0 Å². The molecule has 2 unspecified atom stereocenters. The molecular formula is C15H23ClN2. The standard InChI is InChI=1S/C15H23ClN2/c1-11-4-3-7-18(10-11)15(9-17)13-6-5-12(2)14(16)8-13/h5-6,8,11,15H,3-4,7,9-10,17H2,1-2H3. The monoisotopic (exact) mass is 266 g/mol. The normalized spacial score (nSPS) is 23.0. The summed E-state index contributed by atoms with van der Waals surface area (Å²) in [5, 5.41) is 0.844. The summed E-state index contributed by atoms with van der Waals surface area (Å²) < 4.78 is 0. The number of aryl methyl sites for hydroxylation is 1. The highest BCUT2D eigenvalue weighted by Gasteiger charge is 2.24. The zero-order valence-corrected chi connectivity index (χ0v) is 12.1. The number of hydrogen-bond donors (Lipinski definition) is 1. The van der Waals surface area contributed by atoms with Gasteiger partial charge in [-0.2, -0.15) is 0 Å². The summed E-state index contributed by atoms with van der Waals surface area (Å²) in [6, 6.07) is 6.64. The molecule has 1 saturated heterocycles. The lowest BCUT2D eigenvalue weighted by atomic mass is 9.96. The van der Waals surface area contributed by atoms with E-state index in [4.69, 9.17) is 17.3 Å². The van der Waals surface area contributed by atoms with E-state index >= 15 is 0 Å². The number of halogens is 1. The first kappa shape index (κ1) is 13.9. The summed E-state index contributed by atoms with van der Waals surface area (Å²) in [6.45, 7) is 7.31. The van der Waals surface area contributed by atoms with Crippen LogP contribution in [0, 0.1) is 12.8 Å². The van der Waals surface area contributed by atoms with Crippen LogP contribution in [-0.2, 0) is 0 Å². The Hall–Kier alpha value is -0.570. The van der Waals surface area contributed by atoms with Gasteiger partial charge >= 0.3 is 0 Å². The zero-order chi connectivity index (χ0) is 13.1. The second-order valence-corrected chi connectivity index (χ2v) is 5.91. The molecule has 0 aliphatic carbocycles. The molecule has 100 valence electrons. The quantitative estimate of drug-likeness (QED) is 0.909. The molecule has 1 aromatic rings. The molecule has 1 aromatic carbocycles. The molecule has 3 heteroatoms. The average molecular weight is 267 g/mol. The van der Waals surface area contributed by atoms with Crippen LogP contribution in [0.25, 0.3) is 0 Å². The van der Waals surface area contributed by atoms with Crippen molar-refractivity contribution in [1.29, 1.82) is 0 Å². The minimum Gasteiger partial charge on any atom is -0.329 e. The van der Waals surface area contributed by atoms with Gasteiger partial charge in [0.05, 0.1) is 0 Å². The Morgan fingerprint density at radius 1 is 1.50 bits per heavy atom. The molecule has 1 fully saturated rings. The van der Waals surface area contributed by atoms with Crippen molar-refractivity contribution in [2.45, 2.75) is 32.7 Å². The maximum absolute atomic E-state index is 6.22. The van der Waals surface area contributed by atoms with Crippen LogP contribution in [0.2, 0.25) is 5.02 Å². The molecule has 2 nitrogen and oxygen atoms in total. The van der Waals surface area contributed by atoms with Gasteiger partial charge in [-0.15, -0.1) is 0 Å². The number of hydrogen-bond acceptors (Lipinski definition) is 2. The second kappa shape index (κ2) is 6.05. The third kappa shape index (κ3) is 3.05. The molecule has 0 amide bonds. The van der Waals surface area contributed by atoms with E-state index in [1.165, 1.54) is 18.4 Å². The maximum atomic E-state index is 6.22. The molecule has 0 radical (unpaired) electrons. The predicted octanol–water partition coefficient (Wildman–Crippen LogP) is 3.38. The van der Waals surface area contributed by atoms with Crippen LogP contribution in [-0.4, -0.2) is 24.5 Å². The molecule has 0 saturated carbocycles. The van der Waals surface area contributed by atoms with Crippen LogP contribution in [0.1, 0.15) is 36.9 Å². The number of benzene rings is 1. The molecule has 2 atom stereocenters. The van der Waals surface area contributed by atoms with Gasteiger partial charge in [-0.3, -0.25) is 4.90 Å². The van der Waals surface area contributed by atoms with Gasteiger partial charge in [0.15, 0.2) is 0 Å². The van der Waals surface area contributed by atoms with E-state index in [1.54, 1.807) is 0 Å². The third-order valence-corrected chi connectivity index (χ3v) is 4.34. The molecule has 2 rings (SSSR count). The molecule has 1 aliphatic rings. The minimum absolute atomic E-state index is 0.311. The molecule has 2 N–H and O–H groups in total. The highest BCUT2D eigenvalue weighted by molar-refractivity contribution is 6.31. The third-order valence-electron chi connectivity index (χ3n) is 3.93. The van der Waals surface area contributed by atoms with Gasteiger partial charge < -0.3 is 5.73 Å². The highest BCUT2D eigenvalue weighted by atomic mass is 35.5. The minimum atomic E-state index is 0.311. The van der Waals surface area contributed by atoms with Crippen molar-refractivity contribution in [2.24, 2.45) is 11.7 Å². The summed E-state index contributed by atoms with van der Waals surface area (Å²) in [7, 11) is 0. The van der Waals surface area contributed by atoms with Crippen LogP contribution < -0.4 is 5.73 Å². The van der Waals surface area contributed by atoms with Gasteiger partial charge in [-0.05, 0) is 49.4 Å². The summed E-state index contributed by atoms with van der Waals surface area (Å²) in [5.74, 6) is 0.772. The first-order chi connectivity index (χ1) is 8.61. The van der Waals surface area contributed by atoms with Gasteiger partial charge in [-0.1, -0.05) is 30.7 Å². The fourth-order valence-electron chi connectivity index (χ4n) is 2.82. The van der Waals surface area contributed by atoms with E-state index in [9.17, 15) is 0 Å². The Labute approximate surface area is 115 Å². The van der Waals surface area contributed by atoms with E-state index in [0.717, 1.165) is 29.6 Å². The van der Waals surface area contributed by atoms with Crippen LogP contribution in [0.3, 0.4) is 0 Å². The van der Waals surface area contributed by atoms with E-state index in [1.807, 2.05) is 6.92 Å². The van der Waals surface area contributed by atoms with Gasteiger partial charge in [0.1, 0.15) is 0 Å². The van der Waals surface area contributed by atoms with Crippen molar-refractivity contribution < 1.29 is 0 Å². The zero-order valence-electron chi connectivity index (χ0n) is 11.3. The fourth-order valence-corrected chi connectivity index (χ4v) is 3.01. The lowest BCUT2D eigenvalue weighted by Gasteiger charge is -2.37. The Kier molecular flexibility index (Phi) is 4.66. The molecule has 1 heterocycles. The van der Waals surface area contributed by atoms with Gasteiger partial charge in [0, 0.05) is 24.2 Å². The first-order valence-electron chi connectivity index (χ1n) is 6.82. The van der Waals surface area contributed by atoms with Crippen LogP contribution in [0.15, 0.2) is 18.2 Å². The molecule has 0 aromatic heterocycles. The molecule has 1 aliphatic heterocycles. The lowest BCUT2D eigenvalue weighted by molar-refractivity contribution is 0.133. The van der Waals surface area contributed by atoms with Crippen LogP contribution in [0.4, 0.5) is 0 Å². The Bertz CT molecular complexity index is 405. The van der Waals surface area contributed by atoms with Crippen LogP contribution >= 0.6 is 11.6 Å². The molecular weight excluding hydrogens is 244 g/mol. The fraction of sp³-hybridized carbons (Fsp3) is 0.600. The number of nitrogens with zero attached hydrogens (tertiary/aromatic N) is 1. The van der Waals surface area contributed by atoms with Crippen molar-refractivity contribution in [3.63, 3.8) is 0 Å². The Balaban J connectivity index is 2.18. The topological polar surface area (TPSA) is 29.3 Å². The smallest absolute Gasteiger partial charge is 0.0471 e. The predicted molar refractivity (Wildman–Crippen MR) is 78.0 cm³/mol. The molecule has 18 heavy (non-hydrogen) atoms. The Morgan fingerprint density at radius 3 is 2.89 bits per heavy atom. The van der Waals surface area contributed by atoms with Gasteiger partial charge in [0.25, 0.3) is 0 Å². The molecule has 0 spiro atoms. The second-order valence-electron chi connectivity index (χ2n) is 5.50. The van der Waals surface area contributed by atoms with Gasteiger partial charge in [0.2, 0.25) is 0 Å². The number of piperidine rings is 1. The molecule has 0 bridgehead atoms. The summed E-state index contributed by atoms with van der Waals surface area (Å²) in [6.07, 6.45) is 2.61. The SMILES string of the molecule is Cc1ccc(C(CN)N2CCCC(C)C2)cc1Cl. The van der Waals surface area contributed by atoms with Crippen molar-refractivity contribution >= 4 is 11.6 Å². The number of nitrogens with two attached hydrogens (primary N) is 1. The van der Waals surface area contributed by atoms with Gasteiger partial charge in [-0.25, -0.2) is 0 Å². The average Bonchev–Trinajstić information content (AvgIpc) is 2.35. The Morgan fingerprint density at radius 2 is 2.28 bits per heavy atom. The highest BCUT2D eigenvalue weighted by Crippen LogP contribution is 2.28. The largest absolute Gasteiger partial charge is 0.329 e. The summed E-state index contributed by atoms with van der Waals surface area (Å²) in [4.78, 5) is 2.51. The summed E-state index contributed by atoms with van der Waals surface area (Å²) >= 11 is 6.22. The first-order valence-corrected chi connectivity index (χ1v) is 7.19.